The Labute approximate surface area is 78.3 Å². The fourth-order valence-corrected chi connectivity index (χ4v) is 1.27. The molecule has 1 rings (SSSR count). The van der Waals surface area contributed by atoms with E-state index in [1.54, 1.807) is 0 Å². The van der Waals surface area contributed by atoms with Crippen molar-refractivity contribution in [2.75, 3.05) is 18.5 Å². The van der Waals surface area contributed by atoms with Gasteiger partial charge in [0.1, 0.15) is 0 Å². The highest BCUT2D eigenvalue weighted by Crippen LogP contribution is 2.18. The summed E-state index contributed by atoms with van der Waals surface area (Å²) < 4.78 is 7.53. The fraction of sp³-hybridized carbons (Fsp3) is 0.600. The number of anilines is 1. The summed E-state index contributed by atoms with van der Waals surface area (Å²) in [5, 5.41) is 20.4. The Kier molecular flexibility index (Phi) is 3.67. The van der Waals surface area contributed by atoms with Gasteiger partial charge in [0.15, 0.2) is 11.0 Å². The first-order valence-corrected chi connectivity index (χ1v) is 4.35. The van der Waals surface area contributed by atoms with Crippen LogP contribution in [0.1, 0.15) is 0 Å². The van der Waals surface area contributed by atoms with Crippen molar-refractivity contribution in [2.45, 2.75) is 6.04 Å². The maximum absolute atomic E-state index is 8.71. The zero-order chi connectivity index (χ0) is 8.97. The number of nitrogens with one attached hydrogen (secondary N) is 1. The molecule has 0 saturated heterocycles. The van der Waals surface area contributed by atoms with Crippen LogP contribution in [0.2, 0.25) is 5.15 Å². The second-order valence-electron chi connectivity index (χ2n) is 2.11. The van der Waals surface area contributed by atoms with E-state index in [4.69, 9.17) is 21.8 Å². The highest BCUT2D eigenvalue weighted by atomic mass is 35.5. The third kappa shape index (κ3) is 2.28. The number of aliphatic hydroxyl groups excluding tert-OH is 2. The minimum atomic E-state index is -0.439. The molecule has 0 aliphatic rings. The Morgan fingerprint density at radius 1 is 1.42 bits per heavy atom. The van der Waals surface area contributed by atoms with Crippen molar-refractivity contribution >= 4 is 29.1 Å². The lowest BCUT2D eigenvalue weighted by molar-refractivity contribution is 0.203. The van der Waals surface area contributed by atoms with Crippen molar-refractivity contribution in [1.29, 1.82) is 0 Å². The molecule has 0 bridgehead atoms. The highest BCUT2D eigenvalue weighted by Gasteiger charge is 2.10. The standard InChI is InChI=1S/C5H8ClN3O2S/c6-4-5(9-12-8-4)7-3(1-10)2-11/h3,10-11H,1-2H2,(H,7,9). The van der Waals surface area contributed by atoms with Crippen molar-refractivity contribution in [3.05, 3.63) is 5.15 Å². The second kappa shape index (κ2) is 4.56. The summed E-state index contributed by atoms with van der Waals surface area (Å²) in [4.78, 5) is 0. The van der Waals surface area contributed by atoms with Gasteiger partial charge in [-0.05, 0) is 0 Å². The number of rotatable bonds is 4. The second-order valence-corrected chi connectivity index (χ2v) is 3.00. The molecule has 12 heavy (non-hydrogen) atoms. The molecule has 0 aromatic carbocycles. The van der Waals surface area contributed by atoms with Gasteiger partial charge in [0, 0.05) is 0 Å². The third-order valence-corrected chi connectivity index (χ3v) is 2.12. The average molecular weight is 210 g/mol. The zero-order valence-electron chi connectivity index (χ0n) is 6.07. The topological polar surface area (TPSA) is 78.3 Å². The van der Waals surface area contributed by atoms with E-state index in [1.807, 2.05) is 0 Å². The van der Waals surface area contributed by atoms with Gasteiger partial charge in [-0.3, -0.25) is 0 Å². The van der Waals surface area contributed by atoms with Crippen molar-refractivity contribution in [1.82, 2.24) is 8.75 Å². The summed E-state index contributed by atoms with van der Waals surface area (Å²) >= 11 is 6.58. The molecule has 68 valence electrons. The first kappa shape index (κ1) is 9.66. The van der Waals surface area contributed by atoms with E-state index in [-0.39, 0.29) is 18.4 Å². The van der Waals surface area contributed by atoms with Crippen LogP contribution >= 0.6 is 23.3 Å². The molecule has 0 radical (unpaired) electrons. The molecule has 1 heterocycles. The minimum Gasteiger partial charge on any atom is -0.394 e. The Hall–Kier alpha value is -0.430. The highest BCUT2D eigenvalue weighted by molar-refractivity contribution is 6.99. The molecule has 0 spiro atoms. The SMILES string of the molecule is OCC(CO)Nc1nsnc1Cl. The number of hydrogen-bond donors (Lipinski definition) is 3. The molecule has 0 aliphatic carbocycles. The predicted molar refractivity (Wildman–Crippen MR) is 46.5 cm³/mol. The third-order valence-electron chi connectivity index (χ3n) is 1.23. The van der Waals surface area contributed by atoms with Gasteiger partial charge in [-0.1, -0.05) is 11.6 Å². The van der Waals surface area contributed by atoms with E-state index in [0.29, 0.717) is 5.82 Å². The van der Waals surface area contributed by atoms with Crippen LogP contribution in [0.15, 0.2) is 0 Å². The predicted octanol–water partition coefficient (Wildman–Crippen LogP) is -0.0434. The van der Waals surface area contributed by atoms with Crippen LogP contribution in [0.5, 0.6) is 0 Å². The van der Waals surface area contributed by atoms with Crippen molar-refractivity contribution in [3.63, 3.8) is 0 Å². The summed E-state index contributed by atoms with van der Waals surface area (Å²) in [5.41, 5.74) is 0. The van der Waals surface area contributed by atoms with Crippen molar-refractivity contribution < 1.29 is 10.2 Å². The smallest absolute Gasteiger partial charge is 0.186 e. The molecular formula is C5H8ClN3O2S. The van der Waals surface area contributed by atoms with Crippen molar-refractivity contribution in [3.8, 4) is 0 Å². The maximum atomic E-state index is 8.71. The van der Waals surface area contributed by atoms with E-state index in [2.05, 4.69) is 14.1 Å². The lowest BCUT2D eigenvalue weighted by atomic mass is 10.3. The van der Waals surface area contributed by atoms with E-state index in [0.717, 1.165) is 11.7 Å². The number of nitrogens with zero attached hydrogens (tertiary/aromatic N) is 2. The van der Waals surface area contributed by atoms with Gasteiger partial charge < -0.3 is 15.5 Å². The number of halogens is 1. The summed E-state index contributed by atoms with van der Waals surface area (Å²) in [7, 11) is 0. The summed E-state index contributed by atoms with van der Waals surface area (Å²) in [6, 6.07) is -0.439. The number of aliphatic hydroxyl groups is 2. The van der Waals surface area contributed by atoms with Gasteiger partial charge in [0.2, 0.25) is 0 Å². The molecule has 1 aromatic rings. The molecule has 0 amide bonds. The summed E-state index contributed by atoms with van der Waals surface area (Å²) in [6.45, 7) is -0.352. The van der Waals surface area contributed by atoms with Crippen LogP contribution in [-0.2, 0) is 0 Å². The Bertz CT molecular complexity index is 240. The molecule has 0 fully saturated rings. The first-order valence-electron chi connectivity index (χ1n) is 3.24. The van der Waals surface area contributed by atoms with Crippen LogP contribution < -0.4 is 5.32 Å². The summed E-state index contributed by atoms with van der Waals surface area (Å²) in [5.74, 6) is 0.398. The van der Waals surface area contributed by atoms with E-state index in [1.165, 1.54) is 0 Å². The molecule has 3 N–H and O–H groups in total. The Morgan fingerprint density at radius 2 is 2.08 bits per heavy atom. The molecule has 5 nitrogen and oxygen atoms in total. The van der Waals surface area contributed by atoms with E-state index >= 15 is 0 Å². The van der Waals surface area contributed by atoms with E-state index < -0.39 is 6.04 Å². The number of hydrogen-bond acceptors (Lipinski definition) is 6. The lowest BCUT2D eigenvalue weighted by Gasteiger charge is -2.11. The molecule has 0 saturated carbocycles. The largest absolute Gasteiger partial charge is 0.394 e. The van der Waals surface area contributed by atoms with Crippen LogP contribution in [0, 0.1) is 0 Å². The maximum Gasteiger partial charge on any atom is 0.186 e. The average Bonchev–Trinajstić information content (AvgIpc) is 2.47. The molecule has 0 aliphatic heterocycles. The minimum absolute atomic E-state index is 0.176. The fourth-order valence-electron chi connectivity index (χ4n) is 0.606. The summed E-state index contributed by atoms with van der Waals surface area (Å²) in [6.07, 6.45) is 0. The number of aromatic nitrogens is 2. The molecular weight excluding hydrogens is 202 g/mol. The quantitative estimate of drug-likeness (QED) is 0.649. The molecule has 7 heteroatoms. The van der Waals surface area contributed by atoms with Gasteiger partial charge >= 0.3 is 0 Å². The van der Waals surface area contributed by atoms with Gasteiger partial charge in [-0.15, -0.1) is 0 Å². The van der Waals surface area contributed by atoms with Gasteiger partial charge in [-0.2, -0.15) is 8.75 Å². The zero-order valence-corrected chi connectivity index (χ0v) is 7.64. The van der Waals surface area contributed by atoms with Crippen molar-refractivity contribution in [2.24, 2.45) is 0 Å². The van der Waals surface area contributed by atoms with Gasteiger partial charge in [-0.25, -0.2) is 0 Å². The molecule has 0 unspecified atom stereocenters. The normalized spacial score (nSPS) is 10.7. The molecule has 0 atom stereocenters. The van der Waals surface area contributed by atoms with Crippen LogP contribution in [-0.4, -0.2) is 38.2 Å². The lowest BCUT2D eigenvalue weighted by Crippen LogP contribution is -2.27. The van der Waals surface area contributed by atoms with Gasteiger partial charge in [0.25, 0.3) is 0 Å². The molecule has 1 aromatic heterocycles. The Morgan fingerprint density at radius 3 is 2.50 bits per heavy atom. The Balaban J connectivity index is 2.56. The van der Waals surface area contributed by atoms with E-state index in [9.17, 15) is 0 Å². The first-order chi connectivity index (χ1) is 5.77. The van der Waals surface area contributed by atoms with Crippen LogP contribution in [0.4, 0.5) is 5.82 Å². The van der Waals surface area contributed by atoms with Crippen LogP contribution in [0.3, 0.4) is 0 Å². The van der Waals surface area contributed by atoms with Crippen LogP contribution in [0.25, 0.3) is 0 Å². The van der Waals surface area contributed by atoms with Gasteiger partial charge in [0.05, 0.1) is 31.0 Å². The monoisotopic (exact) mass is 209 g/mol.